The molecule has 0 unspecified atom stereocenters. The Balaban J connectivity index is 1.93. The molecule has 0 radical (unpaired) electrons. The van der Waals surface area contributed by atoms with Gasteiger partial charge < -0.3 is 5.11 Å². The van der Waals surface area contributed by atoms with Crippen LogP contribution < -0.4 is 5.32 Å². The third kappa shape index (κ3) is 2.87. The third-order valence-corrected chi connectivity index (χ3v) is 4.91. The predicted molar refractivity (Wildman–Crippen MR) is 72.6 cm³/mol. The molecule has 2 N–H and O–H groups in total. The lowest BCUT2D eigenvalue weighted by Gasteiger charge is -2.48. The molecule has 2 aliphatic rings. The van der Waals surface area contributed by atoms with E-state index < -0.39 is 11.5 Å². The van der Waals surface area contributed by atoms with E-state index in [0.717, 1.165) is 25.7 Å². The van der Waals surface area contributed by atoms with Crippen molar-refractivity contribution in [2.75, 3.05) is 0 Å². The fraction of sp³-hybridized carbons (Fsp3) is 0.933. The summed E-state index contributed by atoms with van der Waals surface area (Å²) in [5.74, 6) is 0.552. The molecule has 0 bridgehead atoms. The van der Waals surface area contributed by atoms with Gasteiger partial charge in [-0.25, -0.2) is 0 Å². The van der Waals surface area contributed by atoms with Gasteiger partial charge in [0.25, 0.3) is 0 Å². The van der Waals surface area contributed by atoms with Gasteiger partial charge in [-0.3, -0.25) is 10.1 Å². The molecule has 104 valence electrons. The number of rotatable bonds is 4. The summed E-state index contributed by atoms with van der Waals surface area (Å²) < 4.78 is 0. The second kappa shape index (κ2) is 5.60. The maximum absolute atomic E-state index is 11.6. The topological polar surface area (TPSA) is 49.3 Å². The zero-order valence-electron chi connectivity index (χ0n) is 11.7. The molecular weight excluding hydrogens is 226 g/mol. The Labute approximate surface area is 110 Å². The molecule has 2 aliphatic carbocycles. The van der Waals surface area contributed by atoms with E-state index in [2.05, 4.69) is 19.2 Å². The molecule has 0 amide bonds. The molecule has 2 saturated carbocycles. The summed E-state index contributed by atoms with van der Waals surface area (Å²) in [7, 11) is 0. The van der Waals surface area contributed by atoms with Crippen LogP contribution in [0.15, 0.2) is 0 Å². The number of nitrogens with one attached hydrogen (secondary N) is 1. The highest BCUT2D eigenvalue weighted by molar-refractivity contribution is 5.80. The largest absolute Gasteiger partial charge is 0.480 e. The molecule has 0 aromatic carbocycles. The van der Waals surface area contributed by atoms with Crippen LogP contribution in [0.2, 0.25) is 0 Å². The summed E-state index contributed by atoms with van der Waals surface area (Å²) in [4.78, 5) is 11.6. The monoisotopic (exact) mass is 253 g/mol. The van der Waals surface area contributed by atoms with Gasteiger partial charge in [-0.05, 0) is 37.5 Å². The standard InChI is InChI=1S/C15H27NO2/c1-11(2)12-9-15(10-12,14(17)18)16-13-7-5-3-4-6-8-13/h11-13,16H,3-10H2,1-2H3,(H,17,18). The fourth-order valence-electron chi connectivity index (χ4n) is 3.48. The summed E-state index contributed by atoms with van der Waals surface area (Å²) in [6.45, 7) is 4.39. The second-order valence-electron chi connectivity index (χ2n) is 6.63. The third-order valence-electron chi connectivity index (χ3n) is 4.91. The van der Waals surface area contributed by atoms with Crippen LogP contribution >= 0.6 is 0 Å². The van der Waals surface area contributed by atoms with Crippen molar-refractivity contribution in [1.82, 2.24) is 5.32 Å². The first kappa shape index (κ1) is 13.9. The molecule has 2 fully saturated rings. The zero-order chi connectivity index (χ0) is 13.2. The average Bonchev–Trinajstić information content (AvgIpc) is 2.49. The van der Waals surface area contributed by atoms with Crippen LogP contribution in [0, 0.1) is 11.8 Å². The number of carboxylic acid groups (broad SMARTS) is 1. The molecule has 3 nitrogen and oxygen atoms in total. The van der Waals surface area contributed by atoms with E-state index in [-0.39, 0.29) is 0 Å². The van der Waals surface area contributed by atoms with Crippen molar-refractivity contribution in [3.05, 3.63) is 0 Å². The van der Waals surface area contributed by atoms with Crippen molar-refractivity contribution >= 4 is 5.97 Å². The van der Waals surface area contributed by atoms with E-state index in [1.165, 1.54) is 25.7 Å². The van der Waals surface area contributed by atoms with Crippen LogP contribution in [0.4, 0.5) is 0 Å². The first-order valence-electron chi connectivity index (χ1n) is 7.54. The fourth-order valence-corrected chi connectivity index (χ4v) is 3.48. The Hall–Kier alpha value is -0.570. The minimum Gasteiger partial charge on any atom is -0.480 e. The second-order valence-corrected chi connectivity index (χ2v) is 6.63. The van der Waals surface area contributed by atoms with E-state index in [1.54, 1.807) is 0 Å². The Morgan fingerprint density at radius 3 is 2.17 bits per heavy atom. The van der Waals surface area contributed by atoms with Crippen LogP contribution in [-0.4, -0.2) is 22.7 Å². The van der Waals surface area contributed by atoms with Crippen LogP contribution in [0.1, 0.15) is 65.2 Å². The van der Waals surface area contributed by atoms with E-state index >= 15 is 0 Å². The number of carbonyl (C=O) groups is 1. The van der Waals surface area contributed by atoms with Crippen LogP contribution in [0.3, 0.4) is 0 Å². The SMILES string of the molecule is CC(C)C1CC(NC2CCCCCC2)(C(=O)O)C1. The Bertz CT molecular complexity index is 287. The number of hydrogen-bond donors (Lipinski definition) is 2. The molecule has 0 spiro atoms. The van der Waals surface area contributed by atoms with Gasteiger partial charge in [0, 0.05) is 6.04 Å². The molecule has 2 rings (SSSR count). The Kier molecular flexibility index (Phi) is 4.31. The quantitative estimate of drug-likeness (QED) is 0.756. The van der Waals surface area contributed by atoms with Crippen molar-refractivity contribution < 1.29 is 9.90 Å². The normalized spacial score (nSPS) is 34.1. The maximum atomic E-state index is 11.6. The Morgan fingerprint density at radius 2 is 1.72 bits per heavy atom. The zero-order valence-corrected chi connectivity index (χ0v) is 11.7. The van der Waals surface area contributed by atoms with Crippen LogP contribution in [0.5, 0.6) is 0 Å². The lowest BCUT2D eigenvalue weighted by molar-refractivity contribution is -0.153. The molecule has 0 atom stereocenters. The van der Waals surface area contributed by atoms with Crippen LogP contribution in [0.25, 0.3) is 0 Å². The van der Waals surface area contributed by atoms with Crippen molar-refractivity contribution in [2.45, 2.75) is 76.8 Å². The lowest BCUT2D eigenvalue weighted by atomic mass is 9.63. The average molecular weight is 253 g/mol. The van der Waals surface area contributed by atoms with Gasteiger partial charge in [0.05, 0.1) is 0 Å². The number of aliphatic carboxylic acids is 1. The van der Waals surface area contributed by atoms with Gasteiger partial charge >= 0.3 is 5.97 Å². The summed E-state index contributed by atoms with van der Waals surface area (Å²) >= 11 is 0. The maximum Gasteiger partial charge on any atom is 0.323 e. The van der Waals surface area contributed by atoms with Gasteiger partial charge in [-0.1, -0.05) is 39.5 Å². The molecule has 18 heavy (non-hydrogen) atoms. The van der Waals surface area contributed by atoms with E-state index in [4.69, 9.17) is 0 Å². The molecule has 3 heteroatoms. The highest BCUT2D eigenvalue weighted by Crippen LogP contribution is 2.43. The first-order valence-corrected chi connectivity index (χ1v) is 7.54. The van der Waals surface area contributed by atoms with Crippen molar-refractivity contribution in [3.63, 3.8) is 0 Å². The molecule has 0 aliphatic heterocycles. The molecule has 0 saturated heterocycles. The first-order chi connectivity index (χ1) is 8.53. The highest BCUT2D eigenvalue weighted by atomic mass is 16.4. The minimum atomic E-state index is -0.636. The Morgan fingerprint density at radius 1 is 1.17 bits per heavy atom. The summed E-state index contributed by atoms with van der Waals surface area (Å²) in [6.07, 6.45) is 9.07. The molecule has 0 aromatic rings. The van der Waals surface area contributed by atoms with Crippen LogP contribution in [-0.2, 0) is 4.79 Å². The lowest BCUT2D eigenvalue weighted by Crippen LogP contribution is -2.64. The number of carboxylic acids is 1. The minimum absolute atomic E-state index is 0.428. The smallest absolute Gasteiger partial charge is 0.323 e. The number of hydrogen-bond acceptors (Lipinski definition) is 2. The predicted octanol–water partition coefficient (Wildman–Crippen LogP) is 3.19. The summed E-state index contributed by atoms with van der Waals surface area (Å²) in [5.41, 5.74) is -0.607. The van der Waals surface area contributed by atoms with E-state index in [9.17, 15) is 9.90 Å². The van der Waals surface area contributed by atoms with E-state index in [1.807, 2.05) is 0 Å². The van der Waals surface area contributed by atoms with Gasteiger partial charge in [-0.2, -0.15) is 0 Å². The van der Waals surface area contributed by atoms with Gasteiger partial charge in [0.15, 0.2) is 0 Å². The molecule has 0 aromatic heterocycles. The van der Waals surface area contributed by atoms with Crippen molar-refractivity contribution in [2.24, 2.45) is 11.8 Å². The summed E-state index contributed by atoms with van der Waals surface area (Å²) in [5, 5.41) is 13.0. The summed E-state index contributed by atoms with van der Waals surface area (Å²) in [6, 6.07) is 0.428. The van der Waals surface area contributed by atoms with Gasteiger partial charge in [0.2, 0.25) is 0 Å². The van der Waals surface area contributed by atoms with Gasteiger partial charge in [0.1, 0.15) is 5.54 Å². The van der Waals surface area contributed by atoms with E-state index in [0.29, 0.717) is 17.9 Å². The highest BCUT2D eigenvalue weighted by Gasteiger charge is 2.51. The van der Waals surface area contributed by atoms with Gasteiger partial charge in [-0.15, -0.1) is 0 Å². The molecular formula is C15H27NO2. The van der Waals surface area contributed by atoms with Crippen molar-refractivity contribution in [1.29, 1.82) is 0 Å². The molecule has 0 heterocycles. The van der Waals surface area contributed by atoms with Crippen molar-refractivity contribution in [3.8, 4) is 0 Å².